The van der Waals surface area contributed by atoms with Crippen LogP contribution >= 0.6 is 0 Å². The minimum Gasteiger partial charge on any atom is -0.494 e. The summed E-state index contributed by atoms with van der Waals surface area (Å²) in [7, 11) is -3.95. The number of nitrogens with zero attached hydrogens (tertiary/aromatic N) is 1. The van der Waals surface area contributed by atoms with Crippen LogP contribution in [0.15, 0.2) is 47.5 Å². The molecule has 0 saturated heterocycles. The van der Waals surface area contributed by atoms with Crippen molar-refractivity contribution in [2.45, 2.75) is 24.7 Å². The number of carboxylic acids is 1. The monoisotopic (exact) mass is 431 g/mol. The number of fused-ring (bicyclic) bond motifs is 2. The van der Waals surface area contributed by atoms with Crippen LogP contribution < -0.4 is 14.2 Å². The van der Waals surface area contributed by atoms with E-state index < -0.39 is 16.0 Å². The Labute approximate surface area is 173 Å². The lowest BCUT2D eigenvalue weighted by Crippen LogP contribution is -2.17. The summed E-state index contributed by atoms with van der Waals surface area (Å²) < 4.78 is 44.5. The number of aromatic nitrogens is 1. The topological polar surface area (TPSA) is 104 Å². The molecule has 4 rings (SSSR count). The van der Waals surface area contributed by atoms with Crippen LogP contribution in [0.1, 0.15) is 18.9 Å². The zero-order valence-electron chi connectivity index (χ0n) is 16.3. The first kappa shape index (κ1) is 20.1. The molecule has 1 aliphatic heterocycles. The number of hydrogen-bond acceptors (Lipinski definition) is 6. The Bertz CT molecular complexity index is 1210. The van der Waals surface area contributed by atoms with E-state index in [4.69, 9.17) is 19.3 Å². The number of aryl methyl sites for hydroxylation is 1. The lowest BCUT2D eigenvalue weighted by atomic mass is 10.1. The molecule has 0 spiro atoms. The van der Waals surface area contributed by atoms with Gasteiger partial charge in [0.25, 0.3) is 10.0 Å². The van der Waals surface area contributed by atoms with Crippen molar-refractivity contribution >= 4 is 26.9 Å². The SMILES string of the molecule is CCOc1ccc2c(c1)c(CCC(=O)O)cn2S(=O)(=O)c1ccc2c(c1)OCCO2. The molecule has 8 nitrogen and oxygen atoms in total. The number of ether oxygens (including phenoxy) is 3. The number of aliphatic carboxylic acids is 1. The van der Waals surface area contributed by atoms with E-state index in [1.165, 1.54) is 22.3 Å². The Morgan fingerprint density at radius 2 is 1.90 bits per heavy atom. The minimum atomic E-state index is -3.95. The van der Waals surface area contributed by atoms with Crippen LogP contribution in [0, 0.1) is 0 Å². The third kappa shape index (κ3) is 3.68. The van der Waals surface area contributed by atoms with Gasteiger partial charge in [0, 0.05) is 24.1 Å². The van der Waals surface area contributed by atoms with E-state index >= 15 is 0 Å². The Kier molecular flexibility index (Phi) is 5.29. The average molecular weight is 431 g/mol. The first-order chi connectivity index (χ1) is 14.4. The second-order valence-corrected chi connectivity index (χ2v) is 8.58. The van der Waals surface area contributed by atoms with Crippen molar-refractivity contribution in [3.05, 3.63) is 48.2 Å². The maximum atomic E-state index is 13.4. The highest BCUT2D eigenvalue weighted by atomic mass is 32.2. The molecule has 2 heterocycles. The van der Waals surface area contributed by atoms with E-state index in [-0.39, 0.29) is 17.7 Å². The summed E-state index contributed by atoms with van der Waals surface area (Å²) in [5.41, 5.74) is 1.07. The zero-order chi connectivity index (χ0) is 21.3. The first-order valence-electron chi connectivity index (χ1n) is 9.54. The second-order valence-electron chi connectivity index (χ2n) is 6.77. The second kappa shape index (κ2) is 7.91. The van der Waals surface area contributed by atoms with E-state index in [1.54, 1.807) is 24.3 Å². The van der Waals surface area contributed by atoms with Crippen LogP contribution in [0.4, 0.5) is 0 Å². The van der Waals surface area contributed by atoms with Gasteiger partial charge in [-0.25, -0.2) is 12.4 Å². The fraction of sp³-hybridized carbons (Fsp3) is 0.286. The fourth-order valence-corrected chi connectivity index (χ4v) is 4.85. The van der Waals surface area contributed by atoms with Gasteiger partial charge in [0.05, 0.1) is 17.0 Å². The lowest BCUT2D eigenvalue weighted by Gasteiger charge is -2.19. The molecule has 0 fully saturated rings. The van der Waals surface area contributed by atoms with Crippen LogP contribution in [0.3, 0.4) is 0 Å². The molecule has 158 valence electrons. The number of rotatable bonds is 7. The van der Waals surface area contributed by atoms with Crippen LogP contribution in [0.2, 0.25) is 0 Å². The average Bonchev–Trinajstić information content (AvgIpc) is 3.11. The molecule has 30 heavy (non-hydrogen) atoms. The quantitative estimate of drug-likeness (QED) is 0.613. The molecule has 0 saturated carbocycles. The molecule has 3 aromatic rings. The van der Waals surface area contributed by atoms with Crippen molar-refractivity contribution in [3.63, 3.8) is 0 Å². The fourth-order valence-electron chi connectivity index (χ4n) is 3.44. The van der Waals surface area contributed by atoms with Crippen molar-refractivity contribution in [2.24, 2.45) is 0 Å². The molecule has 0 aliphatic carbocycles. The Hall–Kier alpha value is -3.20. The third-order valence-corrected chi connectivity index (χ3v) is 6.48. The molecule has 0 radical (unpaired) electrons. The molecule has 0 unspecified atom stereocenters. The molecule has 0 atom stereocenters. The zero-order valence-corrected chi connectivity index (χ0v) is 17.1. The third-order valence-electron chi connectivity index (χ3n) is 4.81. The maximum absolute atomic E-state index is 13.4. The number of benzene rings is 2. The van der Waals surface area contributed by atoms with Crippen LogP contribution in [0.5, 0.6) is 17.2 Å². The van der Waals surface area contributed by atoms with E-state index in [2.05, 4.69) is 0 Å². The Morgan fingerprint density at radius 1 is 1.13 bits per heavy atom. The summed E-state index contributed by atoms with van der Waals surface area (Å²) >= 11 is 0. The molecular formula is C21H21NO7S. The lowest BCUT2D eigenvalue weighted by molar-refractivity contribution is -0.136. The smallest absolute Gasteiger partial charge is 0.303 e. The van der Waals surface area contributed by atoms with Gasteiger partial charge in [-0.15, -0.1) is 0 Å². The maximum Gasteiger partial charge on any atom is 0.303 e. The van der Waals surface area contributed by atoms with Gasteiger partial charge in [-0.1, -0.05) is 0 Å². The van der Waals surface area contributed by atoms with Gasteiger partial charge in [-0.3, -0.25) is 4.79 Å². The molecule has 0 bridgehead atoms. The highest BCUT2D eigenvalue weighted by Crippen LogP contribution is 2.35. The molecule has 1 N–H and O–H groups in total. The highest BCUT2D eigenvalue weighted by molar-refractivity contribution is 7.90. The molecular weight excluding hydrogens is 410 g/mol. The van der Waals surface area contributed by atoms with Crippen molar-refractivity contribution in [3.8, 4) is 17.2 Å². The molecule has 9 heteroatoms. The van der Waals surface area contributed by atoms with Crippen LogP contribution in [-0.4, -0.2) is 43.3 Å². The summed E-state index contributed by atoms with van der Waals surface area (Å²) in [5, 5.41) is 9.71. The van der Waals surface area contributed by atoms with E-state index in [9.17, 15) is 13.2 Å². The predicted molar refractivity (Wildman–Crippen MR) is 109 cm³/mol. The normalized spacial score (nSPS) is 13.4. The summed E-state index contributed by atoms with van der Waals surface area (Å²) in [6.07, 6.45) is 1.57. The van der Waals surface area contributed by atoms with Gasteiger partial charge in [0.15, 0.2) is 11.5 Å². The van der Waals surface area contributed by atoms with Crippen molar-refractivity contribution in [2.75, 3.05) is 19.8 Å². The molecule has 0 amide bonds. The number of hydrogen-bond donors (Lipinski definition) is 1. The first-order valence-corrected chi connectivity index (χ1v) is 11.0. The number of carboxylic acid groups (broad SMARTS) is 1. The Morgan fingerprint density at radius 3 is 2.63 bits per heavy atom. The van der Waals surface area contributed by atoms with Gasteiger partial charge < -0.3 is 19.3 Å². The summed E-state index contributed by atoms with van der Waals surface area (Å²) in [5.74, 6) is 0.521. The van der Waals surface area contributed by atoms with Crippen molar-refractivity contribution < 1.29 is 32.5 Å². The van der Waals surface area contributed by atoms with Gasteiger partial charge in [-0.05, 0) is 49.2 Å². The van der Waals surface area contributed by atoms with Crippen LogP contribution in [0.25, 0.3) is 10.9 Å². The van der Waals surface area contributed by atoms with E-state index in [0.717, 1.165) is 0 Å². The van der Waals surface area contributed by atoms with Gasteiger partial charge in [-0.2, -0.15) is 0 Å². The molecule has 2 aromatic carbocycles. The van der Waals surface area contributed by atoms with Crippen molar-refractivity contribution in [1.29, 1.82) is 0 Å². The van der Waals surface area contributed by atoms with Crippen LogP contribution in [-0.2, 0) is 21.2 Å². The van der Waals surface area contributed by atoms with E-state index in [0.29, 0.717) is 53.5 Å². The van der Waals surface area contributed by atoms with Gasteiger partial charge >= 0.3 is 5.97 Å². The minimum absolute atomic E-state index is 0.0577. The summed E-state index contributed by atoms with van der Waals surface area (Å²) in [6.45, 7) is 3.08. The summed E-state index contributed by atoms with van der Waals surface area (Å²) in [4.78, 5) is 11.1. The van der Waals surface area contributed by atoms with Gasteiger partial charge in [0.2, 0.25) is 0 Å². The van der Waals surface area contributed by atoms with Gasteiger partial charge in [0.1, 0.15) is 19.0 Å². The Balaban J connectivity index is 1.83. The molecule has 1 aliphatic rings. The largest absolute Gasteiger partial charge is 0.494 e. The number of carbonyl (C=O) groups is 1. The standard InChI is InChI=1S/C21H21NO7S/c1-2-27-15-4-6-18-17(11-15)14(3-8-21(23)24)13-22(18)30(25,26)16-5-7-19-20(12-16)29-10-9-28-19/h4-7,11-13H,2-3,8-10H2,1H3,(H,23,24). The molecule has 1 aromatic heterocycles. The van der Waals surface area contributed by atoms with Crippen molar-refractivity contribution in [1.82, 2.24) is 3.97 Å². The van der Waals surface area contributed by atoms with E-state index in [1.807, 2.05) is 6.92 Å². The summed E-state index contributed by atoms with van der Waals surface area (Å²) in [6, 6.07) is 9.60. The predicted octanol–water partition coefficient (Wildman–Crippen LogP) is 3.07. The highest BCUT2D eigenvalue weighted by Gasteiger charge is 2.24.